The maximum absolute atomic E-state index is 11.3. The molecule has 1 fully saturated rings. The Labute approximate surface area is 71.6 Å². The summed E-state index contributed by atoms with van der Waals surface area (Å²) in [5.74, 6) is 0.0299. The molecule has 1 saturated carbocycles. The summed E-state index contributed by atoms with van der Waals surface area (Å²) in [6, 6.07) is 1.84. The van der Waals surface area contributed by atoms with Crippen LogP contribution >= 0.6 is 0 Å². The van der Waals surface area contributed by atoms with Crippen molar-refractivity contribution in [1.82, 2.24) is 0 Å². The van der Waals surface area contributed by atoms with E-state index in [1.165, 1.54) is 6.26 Å². The highest BCUT2D eigenvalue weighted by atomic mass is 16.5. The number of nitriles is 1. The van der Waals surface area contributed by atoms with E-state index in [0.29, 0.717) is 6.61 Å². The SMILES string of the molecule is CCO/C=C(/C#N)C(=O)C1CC1. The van der Waals surface area contributed by atoms with Gasteiger partial charge in [0, 0.05) is 5.92 Å². The van der Waals surface area contributed by atoms with Crippen LogP contribution in [0.3, 0.4) is 0 Å². The fourth-order valence-electron chi connectivity index (χ4n) is 0.872. The maximum Gasteiger partial charge on any atom is 0.179 e. The van der Waals surface area contributed by atoms with Gasteiger partial charge < -0.3 is 4.74 Å². The molecule has 0 saturated heterocycles. The van der Waals surface area contributed by atoms with Crippen molar-refractivity contribution in [2.75, 3.05) is 6.61 Å². The maximum atomic E-state index is 11.3. The van der Waals surface area contributed by atoms with Gasteiger partial charge in [-0.05, 0) is 19.8 Å². The van der Waals surface area contributed by atoms with Crippen molar-refractivity contribution < 1.29 is 9.53 Å². The minimum atomic E-state index is -0.0639. The molecular weight excluding hydrogens is 154 g/mol. The molecule has 0 atom stereocenters. The van der Waals surface area contributed by atoms with Crippen LogP contribution in [-0.2, 0) is 9.53 Å². The van der Waals surface area contributed by atoms with Crippen molar-refractivity contribution >= 4 is 5.78 Å². The van der Waals surface area contributed by atoms with E-state index in [2.05, 4.69) is 0 Å². The van der Waals surface area contributed by atoms with Crippen molar-refractivity contribution in [2.24, 2.45) is 5.92 Å². The summed E-state index contributed by atoms with van der Waals surface area (Å²) in [6.45, 7) is 2.30. The van der Waals surface area contributed by atoms with Crippen LogP contribution in [0.2, 0.25) is 0 Å². The highest BCUT2D eigenvalue weighted by Gasteiger charge is 2.32. The molecular formula is C9H11NO2. The molecule has 3 heteroatoms. The van der Waals surface area contributed by atoms with Crippen LogP contribution in [0.4, 0.5) is 0 Å². The van der Waals surface area contributed by atoms with Crippen LogP contribution in [0.15, 0.2) is 11.8 Å². The molecule has 1 aliphatic rings. The molecule has 0 heterocycles. The summed E-state index contributed by atoms with van der Waals surface area (Å²) in [6.07, 6.45) is 3.11. The molecule has 12 heavy (non-hydrogen) atoms. The fraction of sp³-hybridized carbons (Fsp3) is 0.556. The molecule has 1 aliphatic carbocycles. The highest BCUT2D eigenvalue weighted by molar-refractivity contribution is 6.01. The average molecular weight is 165 g/mol. The van der Waals surface area contributed by atoms with Crippen LogP contribution in [0, 0.1) is 17.2 Å². The van der Waals surface area contributed by atoms with E-state index in [1.807, 2.05) is 13.0 Å². The number of ketones is 1. The number of hydrogen-bond donors (Lipinski definition) is 0. The van der Waals surface area contributed by atoms with Gasteiger partial charge in [-0.3, -0.25) is 4.79 Å². The lowest BCUT2D eigenvalue weighted by Gasteiger charge is -1.96. The average Bonchev–Trinajstić information content (AvgIpc) is 2.88. The predicted octanol–water partition coefficient (Wildman–Crippen LogP) is 1.41. The summed E-state index contributed by atoms with van der Waals surface area (Å²) in [5, 5.41) is 8.58. The molecule has 0 unspecified atom stereocenters. The second-order valence-electron chi connectivity index (χ2n) is 2.74. The molecule has 0 radical (unpaired) electrons. The summed E-state index contributed by atoms with van der Waals surface area (Å²) in [4.78, 5) is 11.3. The number of rotatable bonds is 4. The molecule has 1 rings (SSSR count). The molecule has 0 bridgehead atoms. The molecule has 0 amide bonds. The number of nitrogens with zero attached hydrogens (tertiary/aromatic N) is 1. The first-order valence-corrected chi connectivity index (χ1v) is 4.05. The lowest BCUT2D eigenvalue weighted by Crippen LogP contribution is -2.03. The summed E-state index contributed by atoms with van der Waals surface area (Å²) < 4.78 is 4.88. The van der Waals surface area contributed by atoms with Crippen LogP contribution in [-0.4, -0.2) is 12.4 Å². The Morgan fingerprint density at radius 2 is 2.42 bits per heavy atom. The molecule has 64 valence electrons. The van der Waals surface area contributed by atoms with Crippen LogP contribution in [0.25, 0.3) is 0 Å². The summed E-state index contributed by atoms with van der Waals surface area (Å²) in [7, 11) is 0. The first-order chi connectivity index (χ1) is 5.79. The first-order valence-electron chi connectivity index (χ1n) is 4.05. The molecule has 0 aromatic heterocycles. The first kappa shape index (κ1) is 8.79. The van der Waals surface area contributed by atoms with Gasteiger partial charge in [0.2, 0.25) is 0 Å². The molecule has 0 spiro atoms. The highest BCUT2D eigenvalue weighted by Crippen LogP contribution is 2.32. The Bertz CT molecular complexity index is 246. The van der Waals surface area contributed by atoms with Gasteiger partial charge in [0.15, 0.2) is 5.78 Å². The monoisotopic (exact) mass is 165 g/mol. The number of allylic oxidation sites excluding steroid dienone is 1. The fourth-order valence-corrected chi connectivity index (χ4v) is 0.872. The number of ether oxygens (including phenoxy) is 1. The van der Waals surface area contributed by atoms with Crippen LogP contribution < -0.4 is 0 Å². The zero-order valence-electron chi connectivity index (χ0n) is 7.04. The van der Waals surface area contributed by atoms with Crippen LogP contribution in [0.5, 0.6) is 0 Å². The minimum absolute atomic E-state index is 0.0639. The van der Waals surface area contributed by atoms with E-state index in [9.17, 15) is 4.79 Å². The van der Waals surface area contributed by atoms with Gasteiger partial charge in [-0.15, -0.1) is 0 Å². The van der Waals surface area contributed by atoms with Gasteiger partial charge >= 0.3 is 0 Å². The lowest BCUT2D eigenvalue weighted by molar-refractivity contribution is -0.116. The molecule has 3 nitrogen and oxygen atoms in total. The van der Waals surface area contributed by atoms with Crippen molar-refractivity contribution in [3.63, 3.8) is 0 Å². The van der Waals surface area contributed by atoms with E-state index in [4.69, 9.17) is 10.00 Å². The van der Waals surface area contributed by atoms with E-state index in [1.54, 1.807) is 0 Å². The Balaban J connectivity index is 2.55. The Hall–Kier alpha value is -1.30. The Morgan fingerprint density at radius 1 is 1.75 bits per heavy atom. The second-order valence-corrected chi connectivity index (χ2v) is 2.74. The smallest absolute Gasteiger partial charge is 0.179 e. The topological polar surface area (TPSA) is 50.1 Å². The number of carbonyl (C=O) groups is 1. The Morgan fingerprint density at radius 3 is 2.83 bits per heavy atom. The van der Waals surface area contributed by atoms with E-state index >= 15 is 0 Å². The lowest BCUT2D eigenvalue weighted by atomic mass is 10.1. The van der Waals surface area contributed by atoms with Crippen molar-refractivity contribution in [1.29, 1.82) is 5.26 Å². The normalized spacial score (nSPS) is 16.8. The summed E-state index contributed by atoms with van der Waals surface area (Å²) in [5.41, 5.74) is 0.152. The number of hydrogen-bond acceptors (Lipinski definition) is 3. The van der Waals surface area contributed by atoms with Crippen molar-refractivity contribution in [2.45, 2.75) is 19.8 Å². The molecule has 0 aromatic rings. The van der Waals surface area contributed by atoms with Gasteiger partial charge in [-0.1, -0.05) is 0 Å². The van der Waals surface area contributed by atoms with E-state index in [-0.39, 0.29) is 17.3 Å². The van der Waals surface area contributed by atoms with Crippen LogP contribution in [0.1, 0.15) is 19.8 Å². The van der Waals surface area contributed by atoms with Crippen molar-refractivity contribution in [3.8, 4) is 6.07 Å². The summed E-state index contributed by atoms with van der Waals surface area (Å²) >= 11 is 0. The van der Waals surface area contributed by atoms with E-state index < -0.39 is 0 Å². The van der Waals surface area contributed by atoms with Gasteiger partial charge in [0.05, 0.1) is 6.61 Å². The standard InChI is InChI=1S/C9H11NO2/c1-2-12-6-8(5-10)9(11)7-3-4-7/h6-7H,2-4H2,1H3/b8-6-. The largest absolute Gasteiger partial charge is 0.500 e. The van der Waals surface area contributed by atoms with Crippen molar-refractivity contribution in [3.05, 3.63) is 11.8 Å². The predicted molar refractivity (Wildman–Crippen MR) is 43.1 cm³/mol. The zero-order chi connectivity index (χ0) is 8.97. The third kappa shape index (κ3) is 2.09. The van der Waals surface area contributed by atoms with Gasteiger partial charge in [-0.2, -0.15) is 5.26 Å². The third-order valence-corrected chi connectivity index (χ3v) is 1.70. The zero-order valence-corrected chi connectivity index (χ0v) is 7.04. The van der Waals surface area contributed by atoms with E-state index in [0.717, 1.165) is 12.8 Å². The second kappa shape index (κ2) is 3.91. The minimum Gasteiger partial charge on any atom is -0.500 e. The Kier molecular flexibility index (Phi) is 2.87. The van der Waals surface area contributed by atoms with Gasteiger partial charge in [0.1, 0.15) is 17.9 Å². The van der Waals surface area contributed by atoms with Gasteiger partial charge in [-0.25, -0.2) is 0 Å². The third-order valence-electron chi connectivity index (χ3n) is 1.70. The quantitative estimate of drug-likeness (QED) is 0.359. The van der Waals surface area contributed by atoms with Gasteiger partial charge in [0.25, 0.3) is 0 Å². The molecule has 0 aliphatic heterocycles. The molecule has 0 aromatic carbocycles. The molecule has 0 N–H and O–H groups in total. The number of carbonyl (C=O) groups excluding carboxylic acids is 1. The number of Topliss-reactive ketones (excluding diaryl/α,β-unsaturated/α-hetero) is 1.